The number of halogens is 7. The summed E-state index contributed by atoms with van der Waals surface area (Å²) in [6.07, 6.45) is 0.854. The number of benzene rings is 1. The lowest BCUT2D eigenvalue weighted by Crippen LogP contribution is -2.04. The summed E-state index contributed by atoms with van der Waals surface area (Å²) in [5.74, 6) is -10.2. The number of rotatable bonds is 1. The van der Waals surface area contributed by atoms with Crippen molar-refractivity contribution < 1.29 is 22.0 Å². The Bertz CT molecular complexity index is 646. The van der Waals surface area contributed by atoms with Crippen LogP contribution in [0.25, 0.3) is 11.1 Å². The molecule has 0 radical (unpaired) electrons. The van der Waals surface area contributed by atoms with Gasteiger partial charge in [0.05, 0.1) is 10.6 Å². The highest BCUT2D eigenvalue weighted by molar-refractivity contribution is 6.41. The third kappa shape index (κ3) is 2.26. The molecule has 0 saturated carbocycles. The van der Waals surface area contributed by atoms with Gasteiger partial charge in [0.25, 0.3) is 0 Å². The largest absolute Gasteiger partial charge is 0.242 e. The van der Waals surface area contributed by atoms with Crippen LogP contribution in [0.5, 0.6) is 0 Å². The number of aromatic nitrogens is 1. The van der Waals surface area contributed by atoms with E-state index in [0.717, 1.165) is 12.3 Å². The van der Waals surface area contributed by atoms with E-state index in [4.69, 9.17) is 23.2 Å². The van der Waals surface area contributed by atoms with Crippen LogP contribution in [0.1, 0.15) is 0 Å². The van der Waals surface area contributed by atoms with Crippen LogP contribution in [0.3, 0.4) is 0 Å². The van der Waals surface area contributed by atoms with Gasteiger partial charge < -0.3 is 0 Å². The average Bonchev–Trinajstić information content (AvgIpc) is 2.38. The third-order valence-electron chi connectivity index (χ3n) is 2.29. The van der Waals surface area contributed by atoms with Gasteiger partial charge in [-0.25, -0.2) is 26.9 Å². The van der Waals surface area contributed by atoms with E-state index in [0.29, 0.717) is 0 Å². The van der Waals surface area contributed by atoms with Crippen molar-refractivity contribution in [3.05, 3.63) is 51.5 Å². The van der Waals surface area contributed by atoms with Gasteiger partial charge in [0.1, 0.15) is 5.15 Å². The molecule has 2 rings (SSSR count). The average molecular weight is 314 g/mol. The van der Waals surface area contributed by atoms with Crippen LogP contribution in [-0.4, -0.2) is 4.98 Å². The molecular formula is C11H2Cl2F5N. The van der Waals surface area contributed by atoms with Crippen LogP contribution < -0.4 is 0 Å². The maximum atomic E-state index is 13.5. The summed E-state index contributed by atoms with van der Waals surface area (Å²) in [7, 11) is 0. The SMILES string of the molecule is Fc1c(F)c(F)c(-c2cnc(Cl)c(Cl)c2)c(F)c1F. The highest BCUT2D eigenvalue weighted by Crippen LogP contribution is 2.33. The van der Waals surface area contributed by atoms with Crippen molar-refractivity contribution in [2.75, 3.05) is 0 Å². The Hall–Kier alpha value is -1.40. The van der Waals surface area contributed by atoms with Crippen molar-refractivity contribution in [2.45, 2.75) is 0 Å². The molecule has 1 aromatic heterocycles. The Morgan fingerprint density at radius 2 is 1.26 bits per heavy atom. The topological polar surface area (TPSA) is 12.9 Å². The van der Waals surface area contributed by atoms with Crippen LogP contribution in [-0.2, 0) is 0 Å². The molecule has 0 unspecified atom stereocenters. The molecule has 1 nitrogen and oxygen atoms in total. The lowest BCUT2D eigenvalue weighted by molar-refractivity contribution is 0.381. The summed E-state index contributed by atoms with van der Waals surface area (Å²) >= 11 is 11.1. The highest BCUT2D eigenvalue weighted by Gasteiger charge is 2.26. The smallest absolute Gasteiger partial charge is 0.200 e. The maximum Gasteiger partial charge on any atom is 0.200 e. The standard InChI is InChI=1S/C11H2Cl2F5N/c12-4-1-3(2-19-11(4)13)5-6(14)8(16)10(18)9(17)7(5)15/h1-2H. The molecule has 0 saturated heterocycles. The summed E-state index contributed by atoms with van der Waals surface area (Å²) in [4.78, 5) is 3.48. The van der Waals surface area contributed by atoms with Crippen molar-refractivity contribution >= 4 is 23.2 Å². The molecule has 1 aromatic carbocycles. The second-order valence-electron chi connectivity index (χ2n) is 3.44. The molecule has 0 aliphatic carbocycles. The van der Waals surface area contributed by atoms with E-state index in [-0.39, 0.29) is 15.7 Å². The first-order valence-electron chi connectivity index (χ1n) is 4.67. The van der Waals surface area contributed by atoms with Crippen molar-refractivity contribution in [2.24, 2.45) is 0 Å². The predicted molar refractivity (Wildman–Crippen MR) is 59.5 cm³/mol. The van der Waals surface area contributed by atoms with Gasteiger partial charge in [-0.3, -0.25) is 0 Å². The van der Waals surface area contributed by atoms with Crippen LogP contribution in [0.15, 0.2) is 12.3 Å². The fourth-order valence-corrected chi connectivity index (χ4v) is 1.69. The van der Waals surface area contributed by atoms with Gasteiger partial charge in [-0.2, -0.15) is 0 Å². The molecule has 8 heteroatoms. The molecule has 0 amide bonds. The van der Waals surface area contributed by atoms with Gasteiger partial charge in [0.15, 0.2) is 23.3 Å². The Morgan fingerprint density at radius 1 is 0.789 bits per heavy atom. The number of hydrogen-bond acceptors (Lipinski definition) is 1. The fourth-order valence-electron chi connectivity index (χ4n) is 1.42. The molecule has 0 aliphatic heterocycles. The molecule has 0 atom stereocenters. The predicted octanol–water partition coefficient (Wildman–Crippen LogP) is 4.75. The van der Waals surface area contributed by atoms with Crippen molar-refractivity contribution in [3.63, 3.8) is 0 Å². The summed E-state index contributed by atoms with van der Waals surface area (Å²) in [5.41, 5.74) is -1.48. The van der Waals surface area contributed by atoms with Crippen LogP contribution in [0.4, 0.5) is 22.0 Å². The first-order valence-corrected chi connectivity index (χ1v) is 5.43. The van der Waals surface area contributed by atoms with Crippen molar-refractivity contribution in [1.29, 1.82) is 0 Å². The number of pyridine rings is 1. The quantitative estimate of drug-likeness (QED) is 0.320. The zero-order valence-corrected chi connectivity index (χ0v) is 10.3. The van der Waals surface area contributed by atoms with Gasteiger partial charge in [0, 0.05) is 11.8 Å². The van der Waals surface area contributed by atoms with Crippen LogP contribution in [0, 0.1) is 29.1 Å². The molecule has 0 N–H and O–H groups in total. The highest BCUT2D eigenvalue weighted by atomic mass is 35.5. The zero-order valence-electron chi connectivity index (χ0n) is 8.75. The number of nitrogens with zero attached hydrogens (tertiary/aromatic N) is 1. The normalized spacial score (nSPS) is 10.9. The van der Waals surface area contributed by atoms with Gasteiger partial charge >= 0.3 is 0 Å². The van der Waals surface area contributed by atoms with Crippen molar-refractivity contribution in [3.8, 4) is 11.1 Å². The molecule has 2 aromatic rings. The first-order chi connectivity index (χ1) is 8.84. The van der Waals surface area contributed by atoms with Crippen LogP contribution in [0.2, 0.25) is 10.2 Å². The van der Waals surface area contributed by atoms with E-state index in [1.54, 1.807) is 0 Å². The Kier molecular flexibility index (Phi) is 3.64. The molecule has 0 fully saturated rings. The Morgan fingerprint density at radius 3 is 1.74 bits per heavy atom. The molecule has 0 aliphatic rings. The van der Waals surface area contributed by atoms with E-state index >= 15 is 0 Å². The van der Waals surface area contributed by atoms with E-state index in [1.165, 1.54) is 0 Å². The van der Waals surface area contributed by atoms with E-state index < -0.39 is 34.6 Å². The molecule has 1 heterocycles. The second-order valence-corrected chi connectivity index (χ2v) is 4.21. The minimum Gasteiger partial charge on any atom is -0.242 e. The monoisotopic (exact) mass is 313 g/mol. The Labute approximate surface area is 113 Å². The van der Waals surface area contributed by atoms with Gasteiger partial charge in [-0.15, -0.1) is 0 Å². The van der Waals surface area contributed by atoms with Gasteiger partial charge in [-0.1, -0.05) is 23.2 Å². The van der Waals surface area contributed by atoms with Crippen LogP contribution >= 0.6 is 23.2 Å². The fraction of sp³-hybridized carbons (Fsp3) is 0. The summed E-state index contributed by atoms with van der Waals surface area (Å²) in [6.45, 7) is 0. The lowest BCUT2D eigenvalue weighted by atomic mass is 10.1. The maximum absolute atomic E-state index is 13.5. The molecule has 19 heavy (non-hydrogen) atoms. The summed E-state index contributed by atoms with van der Waals surface area (Å²) in [5, 5.41) is -0.336. The zero-order chi connectivity index (χ0) is 14.3. The summed E-state index contributed by atoms with van der Waals surface area (Å²) in [6, 6.07) is 0.954. The minimum absolute atomic E-state index is 0.158. The molecule has 0 spiro atoms. The Balaban J connectivity index is 2.79. The van der Waals surface area contributed by atoms with Gasteiger partial charge in [-0.05, 0) is 6.07 Å². The van der Waals surface area contributed by atoms with Gasteiger partial charge in [0.2, 0.25) is 5.82 Å². The van der Waals surface area contributed by atoms with Crippen molar-refractivity contribution in [1.82, 2.24) is 4.98 Å². The first kappa shape index (κ1) is 14.0. The minimum atomic E-state index is -2.23. The number of hydrogen-bond donors (Lipinski definition) is 0. The third-order valence-corrected chi connectivity index (χ3v) is 2.98. The summed E-state index contributed by atoms with van der Waals surface area (Å²) < 4.78 is 65.9. The second kappa shape index (κ2) is 4.94. The van der Waals surface area contributed by atoms with E-state index in [2.05, 4.69) is 4.98 Å². The van der Waals surface area contributed by atoms with E-state index in [9.17, 15) is 22.0 Å². The van der Waals surface area contributed by atoms with E-state index in [1.807, 2.05) is 0 Å². The molecule has 100 valence electrons. The molecule has 0 bridgehead atoms. The lowest BCUT2D eigenvalue weighted by Gasteiger charge is -2.08. The molecular weight excluding hydrogens is 312 g/mol.